The van der Waals surface area contributed by atoms with Gasteiger partial charge in [-0.05, 0) is 18.1 Å². The number of hydrogen-bond donors (Lipinski definition) is 0. The summed E-state index contributed by atoms with van der Waals surface area (Å²) in [5.74, 6) is 2.97. The Kier molecular flexibility index (Phi) is 6.18. The zero-order chi connectivity index (χ0) is 18.4. The van der Waals surface area contributed by atoms with Gasteiger partial charge in [-0.1, -0.05) is 31.6 Å². The molecule has 0 unspecified atom stereocenters. The third-order valence-corrected chi connectivity index (χ3v) is 4.03. The summed E-state index contributed by atoms with van der Waals surface area (Å²) in [6.45, 7) is 6.30. The SMILES string of the molecule is C[Si](C)(C)C#Cc1ccc(CC(C#N)(C#N)CCC(F)(F)F)cn1. The first-order chi connectivity index (χ1) is 11.0. The van der Waals surface area contributed by atoms with Gasteiger partial charge in [0.15, 0.2) is 0 Å². The van der Waals surface area contributed by atoms with Gasteiger partial charge in [0.25, 0.3) is 0 Å². The van der Waals surface area contributed by atoms with E-state index in [0.717, 1.165) is 0 Å². The van der Waals surface area contributed by atoms with Crippen LogP contribution >= 0.6 is 0 Å². The largest absolute Gasteiger partial charge is 0.389 e. The maximum absolute atomic E-state index is 12.4. The Morgan fingerprint density at radius 2 is 1.71 bits per heavy atom. The number of hydrogen-bond acceptors (Lipinski definition) is 3. The Hall–Kier alpha value is -2.30. The molecule has 0 aliphatic carbocycles. The molecule has 0 aliphatic rings. The van der Waals surface area contributed by atoms with Crippen LogP contribution in [-0.2, 0) is 6.42 Å². The number of alkyl halides is 3. The Morgan fingerprint density at radius 3 is 2.12 bits per heavy atom. The molecule has 0 saturated carbocycles. The molecule has 0 atom stereocenters. The molecule has 0 spiro atoms. The monoisotopic (exact) mass is 349 g/mol. The normalized spacial score (nSPS) is 11.8. The average Bonchev–Trinajstić information content (AvgIpc) is 2.49. The van der Waals surface area contributed by atoms with Crippen LogP contribution < -0.4 is 0 Å². The van der Waals surface area contributed by atoms with Crippen molar-refractivity contribution in [2.24, 2.45) is 5.41 Å². The second-order valence-corrected chi connectivity index (χ2v) is 11.4. The molecule has 0 amide bonds. The predicted octanol–water partition coefficient (Wildman–Crippen LogP) is 4.23. The molecule has 3 nitrogen and oxygen atoms in total. The number of aromatic nitrogens is 1. The van der Waals surface area contributed by atoms with Gasteiger partial charge >= 0.3 is 6.18 Å². The summed E-state index contributed by atoms with van der Waals surface area (Å²) in [6, 6.07) is 6.78. The molecular weight excluding hydrogens is 331 g/mol. The van der Waals surface area contributed by atoms with Crippen LogP contribution in [0.5, 0.6) is 0 Å². The van der Waals surface area contributed by atoms with Crippen LogP contribution in [0.1, 0.15) is 24.1 Å². The Balaban J connectivity index is 2.91. The molecule has 1 heterocycles. The van der Waals surface area contributed by atoms with Gasteiger partial charge in [0, 0.05) is 19.0 Å². The number of halogens is 3. The summed E-state index contributed by atoms with van der Waals surface area (Å²) in [4.78, 5) is 4.15. The Labute approximate surface area is 141 Å². The lowest BCUT2D eigenvalue weighted by Crippen LogP contribution is -2.23. The lowest BCUT2D eigenvalue weighted by atomic mass is 9.80. The average molecular weight is 349 g/mol. The summed E-state index contributed by atoms with van der Waals surface area (Å²) in [5.41, 5.74) is 2.56. The van der Waals surface area contributed by atoms with Crippen LogP contribution in [-0.4, -0.2) is 19.2 Å². The molecule has 0 fully saturated rings. The molecule has 1 aromatic heterocycles. The van der Waals surface area contributed by atoms with E-state index >= 15 is 0 Å². The van der Waals surface area contributed by atoms with Crippen molar-refractivity contribution in [1.29, 1.82) is 10.5 Å². The molecule has 0 N–H and O–H groups in total. The van der Waals surface area contributed by atoms with E-state index in [4.69, 9.17) is 0 Å². The van der Waals surface area contributed by atoms with E-state index in [1.165, 1.54) is 6.20 Å². The van der Waals surface area contributed by atoms with Gasteiger partial charge in [-0.15, -0.1) is 5.54 Å². The van der Waals surface area contributed by atoms with Crippen molar-refractivity contribution >= 4 is 8.07 Å². The van der Waals surface area contributed by atoms with E-state index in [9.17, 15) is 23.7 Å². The van der Waals surface area contributed by atoms with Gasteiger partial charge in [0.05, 0.1) is 12.1 Å². The van der Waals surface area contributed by atoms with Crippen molar-refractivity contribution in [2.45, 2.75) is 45.1 Å². The van der Waals surface area contributed by atoms with E-state index in [-0.39, 0.29) is 6.42 Å². The first-order valence-electron chi connectivity index (χ1n) is 7.36. The summed E-state index contributed by atoms with van der Waals surface area (Å²) >= 11 is 0. The third-order valence-electron chi connectivity index (χ3n) is 3.16. The second-order valence-electron chi connectivity index (χ2n) is 6.65. The lowest BCUT2D eigenvalue weighted by Gasteiger charge is -2.19. The second kappa shape index (κ2) is 7.51. The van der Waals surface area contributed by atoms with Crippen LogP contribution in [0.15, 0.2) is 18.3 Å². The predicted molar refractivity (Wildman–Crippen MR) is 87.1 cm³/mol. The molecule has 0 aromatic carbocycles. The molecule has 0 radical (unpaired) electrons. The van der Waals surface area contributed by atoms with Gasteiger partial charge in [0.1, 0.15) is 19.2 Å². The minimum Gasteiger partial charge on any atom is -0.248 e. The summed E-state index contributed by atoms with van der Waals surface area (Å²) < 4.78 is 37.2. The zero-order valence-electron chi connectivity index (χ0n) is 13.8. The molecule has 1 aromatic rings. The van der Waals surface area contributed by atoms with Crippen molar-refractivity contribution < 1.29 is 13.2 Å². The van der Waals surface area contributed by atoms with Crippen LogP contribution in [0.25, 0.3) is 0 Å². The molecule has 1 rings (SSSR count). The minimum absolute atomic E-state index is 0.0925. The lowest BCUT2D eigenvalue weighted by molar-refractivity contribution is -0.138. The third kappa shape index (κ3) is 6.85. The van der Waals surface area contributed by atoms with Crippen LogP contribution in [0, 0.1) is 39.5 Å². The van der Waals surface area contributed by atoms with Crippen molar-refractivity contribution in [3.63, 3.8) is 0 Å². The number of nitrogens with zero attached hydrogens (tertiary/aromatic N) is 3. The first-order valence-corrected chi connectivity index (χ1v) is 10.9. The van der Waals surface area contributed by atoms with Crippen LogP contribution in [0.3, 0.4) is 0 Å². The van der Waals surface area contributed by atoms with Gasteiger partial charge in [-0.25, -0.2) is 4.98 Å². The highest BCUT2D eigenvalue weighted by Crippen LogP contribution is 2.33. The summed E-state index contributed by atoms with van der Waals surface area (Å²) in [7, 11) is -1.53. The van der Waals surface area contributed by atoms with Crippen molar-refractivity contribution in [2.75, 3.05) is 0 Å². The van der Waals surface area contributed by atoms with Crippen LogP contribution in [0.2, 0.25) is 19.6 Å². The summed E-state index contributed by atoms with van der Waals surface area (Å²) in [5, 5.41) is 18.4. The molecule has 7 heteroatoms. The fourth-order valence-corrected chi connectivity index (χ4v) is 2.37. The maximum atomic E-state index is 12.4. The van der Waals surface area contributed by atoms with E-state index in [1.807, 2.05) is 0 Å². The Bertz CT molecular complexity index is 694. The molecule has 126 valence electrons. The number of pyridine rings is 1. The van der Waals surface area contributed by atoms with Crippen LogP contribution in [0.4, 0.5) is 13.2 Å². The summed E-state index contributed by atoms with van der Waals surface area (Å²) in [6.07, 6.45) is -4.74. The Morgan fingerprint density at radius 1 is 1.08 bits per heavy atom. The zero-order valence-corrected chi connectivity index (χ0v) is 14.8. The van der Waals surface area contributed by atoms with E-state index < -0.39 is 32.5 Å². The van der Waals surface area contributed by atoms with Gasteiger partial charge in [0.2, 0.25) is 0 Å². The maximum Gasteiger partial charge on any atom is 0.389 e. The van der Waals surface area contributed by atoms with Gasteiger partial charge in [-0.3, -0.25) is 0 Å². The minimum atomic E-state index is -4.40. The van der Waals surface area contributed by atoms with E-state index in [2.05, 4.69) is 36.1 Å². The van der Waals surface area contributed by atoms with Gasteiger partial charge in [-0.2, -0.15) is 23.7 Å². The van der Waals surface area contributed by atoms with Crippen molar-refractivity contribution in [3.8, 4) is 23.6 Å². The van der Waals surface area contributed by atoms with Gasteiger partial charge < -0.3 is 0 Å². The molecule has 0 aliphatic heterocycles. The fourth-order valence-electron chi connectivity index (χ4n) is 1.86. The molecule has 0 saturated heterocycles. The van der Waals surface area contributed by atoms with E-state index in [1.54, 1.807) is 24.3 Å². The highest BCUT2D eigenvalue weighted by Gasteiger charge is 2.37. The smallest absolute Gasteiger partial charge is 0.248 e. The van der Waals surface area contributed by atoms with E-state index in [0.29, 0.717) is 11.3 Å². The first kappa shape index (κ1) is 19.7. The highest BCUT2D eigenvalue weighted by atomic mass is 28.3. The van der Waals surface area contributed by atoms with Crippen molar-refractivity contribution in [3.05, 3.63) is 29.6 Å². The molecule has 24 heavy (non-hydrogen) atoms. The molecular formula is C17H18F3N3Si. The fraction of sp³-hybridized carbons (Fsp3) is 0.471. The highest BCUT2D eigenvalue weighted by molar-refractivity contribution is 6.83. The van der Waals surface area contributed by atoms with Crippen molar-refractivity contribution in [1.82, 2.24) is 4.98 Å². The standard InChI is InChI=1S/C17H18F3N3Si/c1-24(2,3)9-6-15-5-4-14(11-23-15)10-16(12-21,13-22)7-8-17(18,19)20/h4-5,11H,7-8,10H2,1-3H3. The topological polar surface area (TPSA) is 60.5 Å². The number of rotatable bonds is 4. The quantitative estimate of drug-likeness (QED) is 0.604. The molecule has 0 bridgehead atoms. The number of nitriles is 2.